The van der Waals surface area contributed by atoms with Gasteiger partial charge in [-0.25, -0.2) is 4.79 Å². The topological polar surface area (TPSA) is 58.6 Å². The molecule has 0 aliphatic rings. The Bertz CT molecular complexity index is 345. The standard InChI is InChI=1S/C9H8F2O4S/c10-9(11,16-15-13)8(12)14-6-7-4-2-1-3-5-7/h1-5,13H,6H2/p-1. The largest absolute Gasteiger partial charge is 0.710 e. The van der Waals surface area contributed by atoms with Crippen molar-refractivity contribution in [3.8, 4) is 0 Å². The molecule has 88 valence electrons. The lowest BCUT2D eigenvalue weighted by Gasteiger charge is -2.15. The second kappa shape index (κ2) is 5.78. The molecule has 1 aromatic carbocycles. The summed E-state index contributed by atoms with van der Waals surface area (Å²) in [4.78, 5) is 10.8. The quantitative estimate of drug-likeness (QED) is 0.340. The molecule has 0 fully saturated rings. The van der Waals surface area contributed by atoms with Gasteiger partial charge in [-0.1, -0.05) is 30.3 Å². The van der Waals surface area contributed by atoms with Crippen LogP contribution < -0.4 is 5.26 Å². The monoisotopic (exact) mass is 249 g/mol. The molecule has 16 heavy (non-hydrogen) atoms. The lowest BCUT2D eigenvalue weighted by molar-refractivity contribution is -0.630. The Morgan fingerprint density at radius 2 is 2.00 bits per heavy atom. The fourth-order valence-electron chi connectivity index (χ4n) is 0.884. The van der Waals surface area contributed by atoms with Crippen LogP contribution in [-0.4, -0.2) is 11.2 Å². The zero-order valence-electron chi connectivity index (χ0n) is 7.89. The van der Waals surface area contributed by atoms with Crippen molar-refractivity contribution in [3.05, 3.63) is 35.9 Å². The van der Waals surface area contributed by atoms with Gasteiger partial charge in [0.1, 0.15) is 6.61 Å². The van der Waals surface area contributed by atoms with Gasteiger partial charge in [0.2, 0.25) is 0 Å². The summed E-state index contributed by atoms with van der Waals surface area (Å²) in [5.74, 6) is -1.81. The molecule has 0 atom stereocenters. The van der Waals surface area contributed by atoms with E-state index in [0.29, 0.717) is 5.56 Å². The first-order valence-corrected chi connectivity index (χ1v) is 4.87. The van der Waals surface area contributed by atoms with Gasteiger partial charge in [0.05, 0.1) is 12.0 Å². The van der Waals surface area contributed by atoms with Crippen molar-refractivity contribution < 1.29 is 27.9 Å². The van der Waals surface area contributed by atoms with Crippen LogP contribution in [0.1, 0.15) is 5.56 Å². The van der Waals surface area contributed by atoms with Gasteiger partial charge in [-0.2, -0.15) is 8.78 Å². The normalized spacial score (nSPS) is 11.2. The number of carbonyl (C=O) groups is 1. The first kappa shape index (κ1) is 12.9. The summed E-state index contributed by atoms with van der Waals surface area (Å²) >= 11 is -0.787. The van der Waals surface area contributed by atoms with Gasteiger partial charge in [-0.15, -0.1) is 0 Å². The minimum atomic E-state index is -3.99. The van der Waals surface area contributed by atoms with Gasteiger partial charge < -0.3 is 14.3 Å². The third kappa shape index (κ3) is 3.76. The molecule has 7 heteroatoms. The Morgan fingerprint density at radius 3 is 2.56 bits per heavy atom. The highest BCUT2D eigenvalue weighted by Gasteiger charge is 2.42. The van der Waals surface area contributed by atoms with E-state index in [1.165, 1.54) is 0 Å². The van der Waals surface area contributed by atoms with E-state index in [4.69, 9.17) is 0 Å². The van der Waals surface area contributed by atoms with Crippen LogP contribution in [0, 0.1) is 0 Å². The van der Waals surface area contributed by atoms with E-state index in [0.717, 1.165) is 0 Å². The van der Waals surface area contributed by atoms with Crippen molar-refractivity contribution in [2.45, 2.75) is 11.9 Å². The molecule has 1 aromatic rings. The maximum absolute atomic E-state index is 12.7. The van der Waals surface area contributed by atoms with Crippen molar-refractivity contribution >= 4 is 18.0 Å². The second-order valence-corrected chi connectivity index (χ2v) is 3.55. The number of hydrogen-bond acceptors (Lipinski definition) is 5. The number of carbonyl (C=O) groups excluding carboxylic acids is 1. The third-order valence-electron chi connectivity index (χ3n) is 1.59. The summed E-state index contributed by atoms with van der Waals surface area (Å²) < 4.78 is 32.6. The Morgan fingerprint density at radius 1 is 1.38 bits per heavy atom. The molecule has 0 bridgehead atoms. The van der Waals surface area contributed by atoms with Crippen molar-refractivity contribution in [2.75, 3.05) is 0 Å². The molecular weight excluding hydrogens is 242 g/mol. The Kier molecular flexibility index (Phi) is 4.66. The molecule has 0 aromatic heterocycles. The third-order valence-corrected chi connectivity index (χ3v) is 2.03. The first-order valence-electron chi connectivity index (χ1n) is 4.13. The SMILES string of the molecule is O=C(OCc1ccccc1)C(F)(F)SO[O-]. The zero-order chi connectivity index (χ0) is 12.0. The number of rotatable bonds is 5. The number of alkyl halides is 2. The predicted octanol–water partition coefficient (Wildman–Crippen LogP) is 1.26. The van der Waals surface area contributed by atoms with Crippen LogP contribution >= 0.6 is 12.0 Å². The van der Waals surface area contributed by atoms with Crippen LogP contribution in [0.3, 0.4) is 0 Å². The fraction of sp³-hybridized carbons (Fsp3) is 0.222. The summed E-state index contributed by atoms with van der Waals surface area (Å²) in [6, 6.07) is 8.32. The van der Waals surface area contributed by atoms with Gasteiger partial charge in [0.25, 0.3) is 0 Å². The minimum Gasteiger partial charge on any atom is -0.710 e. The van der Waals surface area contributed by atoms with Gasteiger partial charge in [-0.05, 0) is 5.56 Å². The molecule has 0 N–H and O–H groups in total. The lowest BCUT2D eigenvalue weighted by Crippen LogP contribution is -2.28. The number of halogens is 2. The highest BCUT2D eigenvalue weighted by atomic mass is 32.2. The summed E-state index contributed by atoms with van der Waals surface area (Å²) in [5.41, 5.74) is 0.569. The van der Waals surface area contributed by atoms with Crippen molar-refractivity contribution in [3.63, 3.8) is 0 Å². The summed E-state index contributed by atoms with van der Waals surface area (Å²) in [7, 11) is 0. The lowest BCUT2D eigenvalue weighted by atomic mass is 10.2. The number of esters is 1. The van der Waals surface area contributed by atoms with Crippen LogP contribution in [0.25, 0.3) is 0 Å². The summed E-state index contributed by atoms with van der Waals surface area (Å²) in [5, 5.41) is 5.51. The van der Waals surface area contributed by atoms with Crippen LogP contribution in [0.4, 0.5) is 8.78 Å². The highest BCUT2D eigenvalue weighted by Crippen LogP contribution is 2.29. The van der Waals surface area contributed by atoms with Crippen LogP contribution in [-0.2, 0) is 20.5 Å². The van der Waals surface area contributed by atoms with E-state index in [-0.39, 0.29) is 6.61 Å². The maximum Gasteiger partial charge on any atom is 0.412 e. The molecule has 0 saturated carbocycles. The Hall–Kier alpha value is -1.18. The second-order valence-electron chi connectivity index (χ2n) is 2.73. The molecule has 0 aliphatic carbocycles. The van der Waals surface area contributed by atoms with Crippen molar-refractivity contribution in [2.24, 2.45) is 0 Å². The molecule has 1 rings (SSSR count). The van der Waals surface area contributed by atoms with E-state index < -0.39 is 23.3 Å². The van der Waals surface area contributed by atoms with E-state index in [2.05, 4.69) is 9.07 Å². The first-order chi connectivity index (χ1) is 7.56. The van der Waals surface area contributed by atoms with Gasteiger partial charge in [0, 0.05) is 0 Å². The molecule has 0 saturated heterocycles. The number of benzene rings is 1. The van der Waals surface area contributed by atoms with Crippen LogP contribution in [0.5, 0.6) is 0 Å². The van der Waals surface area contributed by atoms with E-state index in [1.807, 2.05) is 0 Å². The van der Waals surface area contributed by atoms with Gasteiger partial charge in [-0.3, -0.25) is 0 Å². The van der Waals surface area contributed by atoms with Gasteiger partial charge >= 0.3 is 11.2 Å². The smallest absolute Gasteiger partial charge is 0.412 e. The van der Waals surface area contributed by atoms with Crippen LogP contribution in [0.2, 0.25) is 0 Å². The predicted molar refractivity (Wildman–Crippen MR) is 49.9 cm³/mol. The van der Waals surface area contributed by atoms with Crippen molar-refractivity contribution in [1.82, 2.24) is 0 Å². The molecule has 0 amide bonds. The fourth-order valence-corrected chi connectivity index (χ4v) is 1.10. The Labute approximate surface area is 94.3 Å². The molecule has 0 heterocycles. The molecule has 0 aliphatic heterocycles. The zero-order valence-corrected chi connectivity index (χ0v) is 8.71. The average Bonchev–Trinajstić information content (AvgIpc) is 2.27. The van der Waals surface area contributed by atoms with E-state index in [1.54, 1.807) is 30.3 Å². The average molecular weight is 249 g/mol. The minimum absolute atomic E-state index is 0.283. The maximum atomic E-state index is 12.7. The number of hydrogen-bond donors (Lipinski definition) is 0. The molecule has 4 nitrogen and oxygen atoms in total. The Balaban J connectivity index is 2.47. The molecule has 0 spiro atoms. The van der Waals surface area contributed by atoms with Crippen LogP contribution in [0.15, 0.2) is 30.3 Å². The number of ether oxygens (including phenoxy) is 1. The summed E-state index contributed by atoms with van der Waals surface area (Å²) in [6.45, 7) is -0.283. The highest BCUT2D eigenvalue weighted by molar-refractivity contribution is 7.96. The molecular formula is C9H7F2O4S-. The van der Waals surface area contributed by atoms with E-state index in [9.17, 15) is 18.8 Å². The molecule has 0 unspecified atom stereocenters. The van der Waals surface area contributed by atoms with E-state index >= 15 is 0 Å². The van der Waals surface area contributed by atoms with Crippen molar-refractivity contribution in [1.29, 1.82) is 0 Å². The molecule has 0 radical (unpaired) electrons. The van der Waals surface area contributed by atoms with Gasteiger partial charge in [0.15, 0.2) is 0 Å². The summed E-state index contributed by atoms with van der Waals surface area (Å²) in [6.07, 6.45) is 0.